The molecule has 6 nitrogen and oxygen atoms in total. The molecule has 2 N–H and O–H groups in total. The Labute approximate surface area is 156 Å². The zero-order chi connectivity index (χ0) is 18.6. The monoisotopic (exact) mass is 368 g/mol. The highest BCUT2D eigenvalue weighted by Gasteiger charge is 2.36. The maximum Gasteiger partial charge on any atom is 0.123 e. The average Bonchev–Trinajstić information content (AvgIpc) is 3.28. The van der Waals surface area contributed by atoms with Crippen LogP contribution in [0.1, 0.15) is 5.56 Å². The molecule has 140 valence electrons. The highest BCUT2D eigenvalue weighted by molar-refractivity contribution is 5.57. The van der Waals surface area contributed by atoms with Crippen LogP contribution < -0.4 is 5.32 Å². The molecule has 0 spiro atoms. The number of aliphatic hydroxyl groups excluding tert-OH is 1. The first-order chi connectivity index (χ1) is 13.2. The Balaban J connectivity index is 1.42. The van der Waals surface area contributed by atoms with E-state index in [0.29, 0.717) is 24.3 Å². The molecule has 2 aromatic carbocycles. The van der Waals surface area contributed by atoms with Gasteiger partial charge in [0.25, 0.3) is 0 Å². The van der Waals surface area contributed by atoms with Crippen molar-refractivity contribution in [3.05, 3.63) is 72.2 Å². The quantitative estimate of drug-likeness (QED) is 0.696. The number of hydrogen-bond donors (Lipinski definition) is 2. The number of hydrogen-bond acceptors (Lipinski definition) is 5. The zero-order valence-corrected chi connectivity index (χ0v) is 14.7. The summed E-state index contributed by atoms with van der Waals surface area (Å²) in [5.74, 6) is -0.311. The minimum absolute atomic E-state index is 0.202. The highest BCUT2D eigenvalue weighted by atomic mass is 19.1. The topological polar surface area (TPSA) is 72.2 Å². The van der Waals surface area contributed by atoms with Crippen molar-refractivity contribution in [2.24, 2.45) is 0 Å². The lowest BCUT2D eigenvalue weighted by Gasteiger charge is -2.21. The lowest BCUT2D eigenvalue weighted by atomic mass is 10.1. The Kier molecular flexibility index (Phi) is 5.24. The number of benzene rings is 2. The summed E-state index contributed by atoms with van der Waals surface area (Å²) in [4.78, 5) is 0. The molecular formula is C20H21FN4O2. The smallest absolute Gasteiger partial charge is 0.123 e. The minimum Gasteiger partial charge on any atom is -0.389 e. The molecule has 7 heteroatoms. The van der Waals surface area contributed by atoms with Crippen molar-refractivity contribution < 1.29 is 14.2 Å². The van der Waals surface area contributed by atoms with E-state index in [1.54, 1.807) is 23.0 Å². The van der Waals surface area contributed by atoms with Gasteiger partial charge in [-0.15, -0.1) is 5.10 Å². The lowest BCUT2D eigenvalue weighted by molar-refractivity contribution is 0.0741. The Bertz CT molecular complexity index is 886. The molecule has 0 unspecified atom stereocenters. The minimum atomic E-state index is -0.579. The first-order valence-electron chi connectivity index (χ1n) is 8.92. The molecule has 27 heavy (non-hydrogen) atoms. The first kappa shape index (κ1) is 17.8. The molecule has 3 atom stereocenters. The van der Waals surface area contributed by atoms with E-state index in [-0.39, 0.29) is 24.6 Å². The van der Waals surface area contributed by atoms with Crippen LogP contribution in [0.3, 0.4) is 0 Å². The van der Waals surface area contributed by atoms with Crippen molar-refractivity contribution in [1.29, 1.82) is 0 Å². The number of halogens is 1. The van der Waals surface area contributed by atoms with Crippen LogP contribution in [0.25, 0.3) is 11.3 Å². The number of rotatable bonds is 6. The molecule has 0 bridgehead atoms. The Morgan fingerprint density at radius 3 is 2.85 bits per heavy atom. The van der Waals surface area contributed by atoms with Crippen LogP contribution in [-0.4, -0.2) is 45.0 Å². The van der Waals surface area contributed by atoms with Crippen LogP contribution in [0.5, 0.6) is 0 Å². The number of aliphatic hydroxyl groups is 1. The van der Waals surface area contributed by atoms with E-state index in [1.807, 2.05) is 30.3 Å². The van der Waals surface area contributed by atoms with E-state index in [0.717, 1.165) is 5.56 Å². The van der Waals surface area contributed by atoms with Crippen LogP contribution in [0.4, 0.5) is 4.39 Å². The van der Waals surface area contributed by atoms with Gasteiger partial charge >= 0.3 is 0 Å². The van der Waals surface area contributed by atoms with Gasteiger partial charge in [-0.1, -0.05) is 47.7 Å². The highest BCUT2D eigenvalue weighted by Crippen LogP contribution is 2.20. The van der Waals surface area contributed by atoms with Crippen LogP contribution in [0.15, 0.2) is 60.8 Å². The fraction of sp³-hybridized carbons (Fsp3) is 0.300. The zero-order valence-electron chi connectivity index (χ0n) is 14.7. The van der Waals surface area contributed by atoms with E-state index in [2.05, 4.69) is 15.6 Å². The second kappa shape index (κ2) is 7.96. The molecule has 3 aromatic rings. The van der Waals surface area contributed by atoms with E-state index in [4.69, 9.17) is 4.74 Å². The summed E-state index contributed by atoms with van der Waals surface area (Å²) in [6, 6.07) is 16.1. The van der Waals surface area contributed by atoms with E-state index in [1.165, 1.54) is 12.1 Å². The van der Waals surface area contributed by atoms with Gasteiger partial charge in [0.1, 0.15) is 11.5 Å². The molecule has 4 rings (SSSR count). The molecule has 1 saturated heterocycles. The third kappa shape index (κ3) is 4.21. The van der Waals surface area contributed by atoms with Crippen molar-refractivity contribution in [2.45, 2.75) is 31.3 Å². The van der Waals surface area contributed by atoms with Crippen molar-refractivity contribution in [2.75, 3.05) is 6.61 Å². The second-order valence-corrected chi connectivity index (χ2v) is 6.67. The predicted octanol–water partition coefficient (Wildman–Crippen LogP) is 2.00. The Hall–Kier alpha value is -2.61. The summed E-state index contributed by atoms with van der Waals surface area (Å²) in [6.07, 6.45) is 0.951. The maximum absolute atomic E-state index is 13.4. The van der Waals surface area contributed by atoms with Gasteiger partial charge in [0, 0.05) is 12.1 Å². The van der Waals surface area contributed by atoms with Crippen LogP contribution in [-0.2, 0) is 17.8 Å². The molecule has 1 aliphatic heterocycles. The maximum atomic E-state index is 13.4. The van der Waals surface area contributed by atoms with Gasteiger partial charge < -0.3 is 15.2 Å². The lowest BCUT2D eigenvalue weighted by Crippen LogP contribution is -2.44. The summed E-state index contributed by atoms with van der Waals surface area (Å²) in [5.41, 5.74) is 2.42. The van der Waals surface area contributed by atoms with Crippen molar-refractivity contribution in [3.63, 3.8) is 0 Å². The molecule has 2 heterocycles. The second-order valence-electron chi connectivity index (χ2n) is 6.67. The molecule has 0 aliphatic carbocycles. The van der Waals surface area contributed by atoms with Crippen LogP contribution in [0.2, 0.25) is 0 Å². The fourth-order valence-electron chi connectivity index (χ4n) is 3.29. The van der Waals surface area contributed by atoms with Gasteiger partial charge in [-0.05, 0) is 17.7 Å². The van der Waals surface area contributed by atoms with Gasteiger partial charge in [0.2, 0.25) is 0 Å². The third-order valence-electron chi connectivity index (χ3n) is 4.71. The summed E-state index contributed by atoms with van der Waals surface area (Å²) in [5, 5.41) is 21.9. The van der Waals surface area contributed by atoms with Gasteiger partial charge in [-0.25, -0.2) is 9.07 Å². The first-order valence-corrected chi connectivity index (χ1v) is 8.92. The van der Waals surface area contributed by atoms with Gasteiger partial charge in [-0.2, -0.15) is 0 Å². The van der Waals surface area contributed by atoms with Gasteiger partial charge in [-0.3, -0.25) is 0 Å². The Morgan fingerprint density at radius 1 is 1.19 bits per heavy atom. The van der Waals surface area contributed by atoms with Crippen molar-refractivity contribution in [1.82, 2.24) is 20.3 Å². The largest absolute Gasteiger partial charge is 0.389 e. The predicted molar refractivity (Wildman–Crippen MR) is 98.2 cm³/mol. The fourth-order valence-corrected chi connectivity index (χ4v) is 3.29. The summed E-state index contributed by atoms with van der Waals surface area (Å²) >= 11 is 0. The summed E-state index contributed by atoms with van der Waals surface area (Å²) in [7, 11) is 0. The van der Waals surface area contributed by atoms with Crippen molar-refractivity contribution >= 4 is 0 Å². The molecule has 0 amide bonds. The molecule has 1 fully saturated rings. The summed E-state index contributed by atoms with van der Waals surface area (Å²) < 4.78 is 20.8. The molecule has 0 saturated carbocycles. The van der Waals surface area contributed by atoms with Crippen LogP contribution >= 0.6 is 0 Å². The standard InChI is InChI=1S/C20H21FN4O2/c21-16-8-4-7-15(9-16)17-11-25(24-23-17)12-19-20(18(26)13-27-19)22-10-14-5-2-1-3-6-14/h1-9,11,18-20,22,26H,10,12-13H2/t18-,19+,20+/m0/s1. The number of ether oxygens (including phenoxy) is 1. The average molecular weight is 368 g/mol. The number of nitrogens with zero attached hydrogens (tertiary/aromatic N) is 3. The number of aromatic nitrogens is 3. The SMILES string of the molecule is O[C@H]1CO[C@H](Cn2cc(-c3cccc(F)c3)nn2)[C@@H]1NCc1ccccc1. The Morgan fingerprint density at radius 2 is 2.04 bits per heavy atom. The molecule has 1 aromatic heterocycles. The summed E-state index contributed by atoms with van der Waals surface area (Å²) in [6.45, 7) is 1.38. The third-order valence-corrected chi connectivity index (χ3v) is 4.71. The van der Waals surface area contributed by atoms with Crippen molar-refractivity contribution in [3.8, 4) is 11.3 Å². The normalized spacial score (nSPS) is 22.2. The van der Waals surface area contributed by atoms with E-state index in [9.17, 15) is 9.50 Å². The molecular weight excluding hydrogens is 347 g/mol. The van der Waals surface area contributed by atoms with E-state index < -0.39 is 6.10 Å². The number of nitrogens with one attached hydrogen (secondary N) is 1. The van der Waals surface area contributed by atoms with Gasteiger partial charge in [0.15, 0.2) is 0 Å². The van der Waals surface area contributed by atoms with Crippen LogP contribution in [0, 0.1) is 5.82 Å². The van der Waals surface area contributed by atoms with Gasteiger partial charge in [0.05, 0.1) is 37.6 Å². The molecule has 1 aliphatic rings. The van der Waals surface area contributed by atoms with E-state index >= 15 is 0 Å². The molecule has 0 radical (unpaired) electrons.